The fourth-order valence-electron chi connectivity index (χ4n) is 2.29. The third-order valence-electron chi connectivity index (χ3n) is 3.35. The zero-order chi connectivity index (χ0) is 14.5. The van der Waals surface area contributed by atoms with Gasteiger partial charge in [-0.2, -0.15) is 0 Å². The predicted octanol–water partition coefficient (Wildman–Crippen LogP) is 1.71. The number of hydrogen-bond acceptors (Lipinski definition) is 4. The smallest absolute Gasteiger partial charge is 0.261 e. The predicted molar refractivity (Wildman–Crippen MR) is 80.0 cm³/mol. The molecule has 0 radical (unpaired) electrons. The van der Waals surface area contributed by atoms with E-state index in [0.717, 1.165) is 17.9 Å². The number of ether oxygens (including phenoxy) is 1. The van der Waals surface area contributed by atoms with Crippen LogP contribution in [0.4, 0.5) is 0 Å². The minimum atomic E-state index is 0.00223. The lowest BCUT2D eigenvalue weighted by Gasteiger charge is -2.18. The summed E-state index contributed by atoms with van der Waals surface area (Å²) < 4.78 is 6.76. The standard InChI is InChI=1S/C15H21N3O2/c1-4-18-14(11(2)16-9-10-20-3)17-13-8-6-5-7-12(13)15(18)19/h5-8,11,16H,4,9-10H2,1-3H3/t11-/m0/s1. The van der Waals surface area contributed by atoms with Crippen molar-refractivity contribution in [1.29, 1.82) is 0 Å². The summed E-state index contributed by atoms with van der Waals surface area (Å²) in [6.45, 7) is 5.95. The lowest BCUT2D eigenvalue weighted by molar-refractivity contribution is 0.196. The molecular weight excluding hydrogens is 254 g/mol. The molecular formula is C15H21N3O2. The van der Waals surface area contributed by atoms with Crippen molar-refractivity contribution in [3.05, 3.63) is 40.4 Å². The van der Waals surface area contributed by atoms with Crippen LogP contribution in [0.25, 0.3) is 10.9 Å². The minimum absolute atomic E-state index is 0.00223. The highest BCUT2D eigenvalue weighted by Gasteiger charge is 2.14. The van der Waals surface area contributed by atoms with Crippen LogP contribution in [0.1, 0.15) is 25.7 Å². The van der Waals surface area contributed by atoms with E-state index in [1.54, 1.807) is 11.7 Å². The van der Waals surface area contributed by atoms with Crippen LogP contribution in [0.3, 0.4) is 0 Å². The van der Waals surface area contributed by atoms with Gasteiger partial charge >= 0.3 is 0 Å². The van der Waals surface area contributed by atoms with E-state index >= 15 is 0 Å². The molecule has 2 rings (SSSR count). The molecule has 1 heterocycles. The highest BCUT2D eigenvalue weighted by Crippen LogP contribution is 2.13. The Hall–Kier alpha value is -1.72. The van der Waals surface area contributed by atoms with Gasteiger partial charge in [-0.15, -0.1) is 0 Å². The van der Waals surface area contributed by atoms with E-state index < -0.39 is 0 Å². The first-order chi connectivity index (χ1) is 9.69. The Labute approximate surface area is 118 Å². The Morgan fingerprint density at radius 2 is 2.15 bits per heavy atom. The van der Waals surface area contributed by atoms with Crippen molar-refractivity contribution < 1.29 is 4.74 Å². The number of para-hydroxylation sites is 1. The van der Waals surface area contributed by atoms with Gasteiger partial charge in [0.25, 0.3) is 5.56 Å². The second-order valence-electron chi connectivity index (χ2n) is 4.71. The van der Waals surface area contributed by atoms with Crippen molar-refractivity contribution in [2.75, 3.05) is 20.3 Å². The van der Waals surface area contributed by atoms with Crippen LogP contribution in [-0.2, 0) is 11.3 Å². The number of methoxy groups -OCH3 is 1. The van der Waals surface area contributed by atoms with Crippen molar-refractivity contribution >= 4 is 10.9 Å². The highest BCUT2D eigenvalue weighted by atomic mass is 16.5. The molecule has 1 N–H and O–H groups in total. The summed E-state index contributed by atoms with van der Waals surface area (Å²) in [5.74, 6) is 0.771. The van der Waals surface area contributed by atoms with Crippen molar-refractivity contribution in [2.45, 2.75) is 26.4 Å². The SMILES string of the molecule is CCn1c([C@H](C)NCCOC)nc2ccccc2c1=O. The molecule has 0 spiro atoms. The summed E-state index contributed by atoms with van der Waals surface area (Å²) in [6, 6.07) is 7.47. The van der Waals surface area contributed by atoms with Crippen LogP contribution in [0.2, 0.25) is 0 Å². The summed E-state index contributed by atoms with van der Waals surface area (Å²) >= 11 is 0. The zero-order valence-corrected chi connectivity index (χ0v) is 12.2. The van der Waals surface area contributed by atoms with E-state index in [9.17, 15) is 4.79 Å². The molecule has 0 bridgehead atoms. The normalized spacial score (nSPS) is 12.8. The van der Waals surface area contributed by atoms with Crippen LogP contribution in [0.5, 0.6) is 0 Å². The monoisotopic (exact) mass is 275 g/mol. The average molecular weight is 275 g/mol. The van der Waals surface area contributed by atoms with Crippen LogP contribution < -0.4 is 10.9 Å². The van der Waals surface area contributed by atoms with Crippen molar-refractivity contribution in [3.63, 3.8) is 0 Å². The van der Waals surface area contributed by atoms with Gasteiger partial charge < -0.3 is 10.1 Å². The highest BCUT2D eigenvalue weighted by molar-refractivity contribution is 5.77. The number of aromatic nitrogens is 2. The Bertz CT molecular complexity index is 637. The molecule has 0 saturated heterocycles. The van der Waals surface area contributed by atoms with Crippen LogP contribution in [0.15, 0.2) is 29.1 Å². The number of benzene rings is 1. The number of fused-ring (bicyclic) bond motifs is 1. The maximum absolute atomic E-state index is 12.5. The minimum Gasteiger partial charge on any atom is -0.383 e. The molecule has 108 valence electrons. The number of rotatable bonds is 6. The van der Waals surface area contributed by atoms with E-state index in [-0.39, 0.29) is 11.6 Å². The van der Waals surface area contributed by atoms with E-state index in [1.807, 2.05) is 38.1 Å². The van der Waals surface area contributed by atoms with Gasteiger partial charge in [-0.1, -0.05) is 12.1 Å². The van der Waals surface area contributed by atoms with E-state index in [1.165, 1.54) is 0 Å². The van der Waals surface area contributed by atoms with E-state index in [4.69, 9.17) is 4.74 Å². The molecule has 0 aliphatic carbocycles. The molecule has 20 heavy (non-hydrogen) atoms. The van der Waals surface area contributed by atoms with Crippen LogP contribution >= 0.6 is 0 Å². The first kappa shape index (κ1) is 14.7. The molecule has 2 aromatic rings. The molecule has 1 aromatic heterocycles. The third-order valence-corrected chi connectivity index (χ3v) is 3.35. The average Bonchev–Trinajstić information content (AvgIpc) is 2.47. The molecule has 0 aliphatic rings. The number of hydrogen-bond donors (Lipinski definition) is 1. The molecule has 0 saturated carbocycles. The Kier molecular flexibility index (Phi) is 4.87. The van der Waals surface area contributed by atoms with E-state index in [2.05, 4.69) is 10.3 Å². The molecule has 0 amide bonds. The van der Waals surface area contributed by atoms with Gasteiger partial charge in [0.2, 0.25) is 0 Å². The summed E-state index contributed by atoms with van der Waals surface area (Å²) in [5.41, 5.74) is 0.770. The second-order valence-corrected chi connectivity index (χ2v) is 4.71. The Morgan fingerprint density at radius 3 is 2.85 bits per heavy atom. The summed E-state index contributed by atoms with van der Waals surface area (Å²) in [4.78, 5) is 17.1. The van der Waals surface area contributed by atoms with Crippen LogP contribution in [0, 0.1) is 0 Å². The van der Waals surface area contributed by atoms with Crippen LogP contribution in [-0.4, -0.2) is 29.8 Å². The molecule has 1 atom stereocenters. The zero-order valence-electron chi connectivity index (χ0n) is 12.2. The molecule has 5 heteroatoms. The number of nitrogens with one attached hydrogen (secondary N) is 1. The number of nitrogens with zero attached hydrogens (tertiary/aromatic N) is 2. The Balaban J connectivity index is 2.43. The lowest BCUT2D eigenvalue weighted by atomic mass is 10.2. The van der Waals surface area contributed by atoms with Gasteiger partial charge in [-0.05, 0) is 26.0 Å². The van der Waals surface area contributed by atoms with E-state index in [0.29, 0.717) is 18.5 Å². The summed E-state index contributed by atoms with van der Waals surface area (Å²) in [7, 11) is 1.67. The van der Waals surface area contributed by atoms with Crippen molar-refractivity contribution in [1.82, 2.24) is 14.9 Å². The second kappa shape index (κ2) is 6.63. The third kappa shape index (κ3) is 2.89. The molecule has 0 fully saturated rings. The van der Waals surface area contributed by atoms with Gasteiger partial charge in [0.05, 0.1) is 23.6 Å². The quantitative estimate of drug-likeness (QED) is 0.815. The van der Waals surface area contributed by atoms with Gasteiger partial charge in [0.1, 0.15) is 5.82 Å². The fraction of sp³-hybridized carbons (Fsp3) is 0.467. The first-order valence-electron chi connectivity index (χ1n) is 6.90. The maximum atomic E-state index is 12.5. The summed E-state index contributed by atoms with van der Waals surface area (Å²) in [5, 5.41) is 3.99. The van der Waals surface area contributed by atoms with Gasteiger partial charge in [0.15, 0.2) is 0 Å². The Morgan fingerprint density at radius 1 is 1.40 bits per heavy atom. The van der Waals surface area contributed by atoms with Gasteiger partial charge in [0, 0.05) is 20.2 Å². The molecule has 0 unspecified atom stereocenters. The van der Waals surface area contributed by atoms with Gasteiger partial charge in [-0.25, -0.2) is 4.98 Å². The maximum Gasteiger partial charge on any atom is 0.261 e. The topological polar surface area (TPSA) is 56.1 Å². The fourth-order valence-corrected chi connectivity index (χ4v) is 2.29. The summed E-state index contributed by atoms with van der Waals surface area (Å²) in [6.07, 6.45) is 0. The molecule has 5 nitrogen and oxygen atoms in total. The molecule has 1 aromatic carbocycles. The van der Waals surface area contributed by atoms with Crippen molar-refractivity contribution in [3.8, 4) is 0 Å². The largest absolute Gasteiger partial charge is 0.383 e. The molecule has 0 aliphatic heterocycles. The first-order valence-corrected chi connectivity index (χ1v) is 6.90. The van der Waals surface area contributed by atoms with Gasteiger partial charge in [-0.3, -0.25) is 9.36 Å². The lowest BCUT2D eigenvalue weighted by Crippen LogP contribution is -2.32. The van der Waals surface area contributed by atoms with Crippen molar-refractivity contribution in [2.24, 2.45) is 0 Å².